The molecule has 0 amide bonds. The van der Waals surface area contributed by atoms with E-state index in [4.69, 9.17) is 9.47 Å². The van der Waals surface area contributed by atoms with Crippen LogP contribution in [0.4, 0.5) is 4.39 Å². The van der Waals surface area contributed by atoms with Crippen LogP contribution in [-0.2, 0) is 9.47 Å². The molecule has 1 aliphatic rings. The molecule has 2 rings (SSSR count). The molecule has 1 aliphatic heterocycles. The lowest BCUT2D eigenvalue weighted by atomic mass is 10.0. The van der Waals surface area contributed by atoms with Gasteiger partial charge in [-0.3, -0.25) is 4.79 Å². The van der Waals surface area contributed by atoms with Crippen molar-refractivity contribution < 1.29 is 19.0 Å². The molecule has 0 bridgehead atoms. The van der Waals surface area contributed by atoms with Crippen LogP contribution in [0.25, 0.3) is 0 Å². The van der Waals surface area contributed by atoms with Crippen LogP contribution in [0.1, 0.15) is 24.3 Å². The maximum atomic E-state index is 14.4. The lowest BCUT2D eigenvalue weighted by molar-refractivity contribution is -0.0351. The van der Waals surface area contributed by atoms with E-state index in [0.29, 0.717) is 11.3 Å². The largest absolute Gasteiger partial charge is 0.394 e. The van der Waals surface area contributed by atoms with Gasteiger partial charge in [-0.05, 0) is 18.9 Å². The summed E-state index contributed by atoms with van der Waals surface area (Å²) in [5, 5.41) is 9.21. The number of pyridine rings is 1. The highest BCUT2D eigenvalue weighted by Gasteiger charge is 2.46. The molecule has 20 heavy (non-hydrogen) atoms. The zero-order valence-corrected chi connectivity index (χ0v) is 11.2. The smallest absolute Gasteiger partial charge is 0.248 e. The summed E-state index contributed by atoms with van der Waals surface area (Å²) in [5.41, 5.74) is 0.451. The molecule has 1 aromatic heterocycles. The molecule has 0 saturated carbocycles. The summed E-state index contributed by atoms with van der Waals surface area (Å²) in [6.07, 6.45) is -3.96. The summed E-state index contributed by atoms with van der Waals surface area (Å²) in [4.78, 5) is 13.9. The van der Waals surface area contributed by atoms with Crippen LogP contribution < -0.4 is 5.56 Å². The van der Waals surface area contributed by atoms with Gasteiger partial charge in [0.25, 0.3) is 0 Å². The van der Waals surface area contributed by atoms with Gasteiger partial charge in [0.15, 0.2) is 6.17 Å². The third-order valence-corrected chi connectivity index (χ3v) is 3.25. The predicted octanol–water partition coefficient (Wildman–Crippen LogP) is 0.532. The summed E-state index contributed by atoms with van der Waals surface area (Å²) in [5.74, 6) is 5.39. The van der Waals surface area contributed by atoms with E-state index in [1.807, 2.05) is 0 Å². The van der Waals surface area contributed by atoms with Crippen molar-refractivity contribution in [3.05, 3.63) is 33.7 Å². The molecule has 4 atom stereocenters. The Morgan fingerprint density at radius 1 is 1.55 bits per heavy atom. The van der Waals surface area contributed by atoms with E-state index in [2.05, 4.69) is 16.8 Å². The van der Waals surface area contributed by atoms with Gasteiger partial charge in [-0.25, -0.2) is 4.39 Å². The molecule has 1 aromatic rings. The van der Waals surface area contributed by atoms with E-state index in [-0.39, 0.29) is 12.2 Å². The highest BCUT2D eigenvalue weighted by Crippen LogP contribution is 2.37. The minimum Gasteiger partial charge on any atom is -0.394 e. The van der Waals surface area contributed by atoms with Crippen molar-refractivity contribution in [2.75, 3.05) is 13.7 Å². The van der Waals surface area contributed by atoms with Gasteiger partial charge in [-0.1, -0.05) is 5.92 Å². The number of aliphatic hydroxyl groups is 1. The second kappa shape index (κ2) is 6.18. The van der Waals surface area contributed by atoms with Crippen LogP contribution in [0.3, 0.4) is 0 Å². The number of ether oxygens (including phenoxy) is 2. The summed E-state index contributed by atoms with van der Waals surface area (Å²) in [6, 6.07) is 2.78. The maximum absolute atomic E-state index is 14.4. The van der Waals surface area contributed by atoms with Gasteiger partial charge in [0.1, 0.15) is 18.3 Å². The van der Waals surface area contributed by atoms with E-state index in [1.54, 1.807) is 6.92 Å². The molecule has 6 heteroatoms. The van der Waals surface area contributed by atoms with Crippen LogP contribution in [0.5, 0.6) is 0 Å². The number of nitrogens with one attached hydrogen (secondary N) is 1. The highest BCUT2D eigenvalue weighted by atomic mass is 19.1. The number of aliphatic hydroxyl groups excluding tert-OH is 1. The zero-order valence-electron chi connectivity index (χ0n) is 11.2. The van der Waals surface area contributed by atoms with Gasteiger partial charge >= 0.3 is 0 Å². The Kier molecular flexibility index (Phi) is 4.55. The third-order valence-electron chi connectivity index (χ3n) is 3.25. The molecule has 1 saturated heterocycles. The summed E-state index contributed by atoms with van der Waals surface area (Å²) in [6.45, 7) is 1.28. The molecule has 1 unspecified atom stereocenters. The van der Waals surface area contributed by atoms with Gasteiger partial charge in [0, 0.05) is 18.7 Å². The Hall–Kier alpha value is -1.68. The Morgan fingerprint density at radius 2 is 2.30 bits per heavy atom. The van der Waals surface area contributed by atoms with Crippen molar-refractivity contribution >= 4 is 0 Å². The van der Waals surface area contributed by atoms with Gasteiger partial charge in [-0.15, -0.1) is 0 Å². The first kappa shape index (κ1) is 14.7. The van der Waals surface area contributed by atoms with Crippen molar-refractivity contribution in [3.63, 3.8) is 0 Å². The molecule has 0 aromatic carbocycles. The standard InChI is InChI=1S/C14H16FNO4/c1-3-4-9-8(5-6-11(18)16-9)13-12(15)14(19-2)10(7-17)20-13/h5-6,10,12-14,17H,7H2,1-2H3,(H,16,18)/t10-,12-,13+,14?/m1/s1. The van der Waals surface area contributed by atoms with Crippen molar-refractivity contribution in [2.24, 2.45) is 0 Å². The molecule has 5 nitrogen and oxygen atoms in total. The normalized spacial score (nSPS) is 29.0. The second-order valence-electron chi connectivity index (χ2n) is 4.45. The lowest BCUT2D eigenvalue weighted by Gasteiger charge is -2.15. The average Bonchev–Trinajstić information content (AvgIpc) is 2.75. The first-order valence-corrected chi connectivity index (χ1v) is 6.21. The molecule has 2 N–H and O–H groups in total. The fourth-order valence-electron chi connectivity index (χ4n) is 2.34. The first-order valence-electron chi connectivity index (χ1n) is 6.21. The molecule has 0 spiro atoms. The Morgan fingerprint density at radius 3 is 2.85 bits per heavy atom. The minimum absolute atomic E-state index is 0.318. The predicted molar refractivity (Wildman–Crippen MR) is 70.0 cm³/mol. The molecule has 1 fully saturated rings. The van der Waals surface area contributed by atoms with Gasteiger partial charge < -0.3 is 19.6 Å². The summed E-state index contributed by atoms with van der Waals surface area (Å²) < 4.78 is 24.9. The average molecular weight is 281 g/mol. The fraction of sp³-hybridized carbons (Fsp3) is 0.500. The Labute approximate surface area is 115 Å². The van der Waals surface area contributed by atoms with Crippen LogP contribution in [-0.4, -0.2) is 42.2 Å². The Balaban J connectivity index is 2.41. The van der Waals surface area contributed by atoms with Crippen LogP contribution in [0.2, 0.25) is 0 Å². The molecule has 2 heterocycles. The number of methoxy groups -OCH3 is 1. The van der Waals surface area contributed by atoms with Crippen molar-refractivity contribution in [3.8, 4) is 11.8 Å². The number of alkyl halides is 1. The van der Waals surface area contributed by atoms with Gasteiger partial charge in [-0.2, -0.15) is 0 Å². The van der Waals surface area contributed by atoms with Crippen LogP contribution in [0, 0.1) is 11.8 Å². The van der Waals surface area contributed by atoms with E-state index in [1.165, 1.54) is 19.2 Å². The Bertz CT molecular complexity index is 589. The third kappa shape index (κ3) is 2.61. The van der Waals surface area contributed by atoms with E-state index < -0.39 is 24.5 Å². The van der Waals surface area contributed by atoms with Gasteiger partial charge in [0.05, 0.1) is 12.3 Å². The summed E-state index contributed by atoms with van der Waals surface area (Å²) in [7, 11) is 1.37. The minimum atomic E-state index is -1.44. The lowest BCUT2D eigenvalue weighted by Crippen LogP contribution is -2.32. The van der Waals surface area contributed by atoms with E-state index >= 15 is 0 Å². The number of aromatic amines is 1. The highest BCUT2D eigenvalue weighted by molar-refractivity contribution is 5.37. The maximum Gasteiger partial charge on any atom is 0.248 e. The van der Waals surface area contributed by atoms with E-state index in [9.17, 15) is 14.3 Å². The summed E-state index contributed by atoms with van der Waals surface area (Å²) >= 11 is 0. The fourth-order valence-corrected chi connectivity index (χ4v) is 2.34. The van der Waals surface area contributed by atoms with Crippen molar-refractivity contribution in [1.82, 2.24) is 4.98 Å². The van der Waals surface area contributed by atoms with Crippen LogP contribution in [0.15, 0.2) is 16.9 Å². The second-order valence-corrected chi connectivity index (χ2v) is 4.45. The topological polar surface area (TPSA) is 71.6 Å². The molecule has 0 aliphatic carbocycles. The number of H-pyrrole nitrogens is 1. The van der Waals surface area contributed by atoms with E-state index in [0.717, 1.165) is 0 Å². The van der Waals surface area contributed by atoms with Gasteiger partial charge in [0.2, 0.25) is 5.56 Å². The molecular weight excluding hydrogens is 265 g/mol. The number of hydrogen-bond donors (Lipinski definition) is 2. The molecular formula is C14H16FNO4. The van der Waals surface area contributed by atoms with Crippen molar-refractivity contribution in [2.45, 2.75) is 31.4 Å². The number of hydrogen-bond acceptors (Lipinski definition) is 4. The number of rotatable bonds is 3. The SMILES string of the molecule is CC#Cc1[nH]c(=O)ccc1[C@@H]1O[C@H](CO)C(OC)[C@@H]1F. The first-order chi connectivity index (χ1) is 9.62. The van der Waals surface area contributed by atoms with Crippen LogP contribution >= 0.6 is 0 Å². The number of aromatic nitrogens is 1. The zero-order chi connectivity index (χ0) is 14.7. The van der Waals surface area contributed by atoms with Crippen molar-refractivity contribution in [1.29, 1.82) is 0 Å². The monoisotopic (exact) mass is 281 g/mol. The molecule has 0 radical (unpaired) electrons. The quantitative estimate of drug-likeness (QED) is 0.793. The number of halogens is 1. The molecule has 108 valence electrons.